The van der Waals surface area contributed by atoms with Crippen LogP contribution in [-0.4, -0.2) is 18.1 Å². The van der Waals surface area contributed by atoms with Gasteiger partial charge in [-0.25, -0.2) is 18.6 Å². The van der Waals surface area contributed by atoms with Crippen LogP contribution in [0.15, 0.2) is 6.07 Å². The summed E-state index contributed by atoms with van der Waals surface area (Å²) in [6, 6.07) is 0.466. The van der Waals surface area contributed by atoms with Crippen LogP contribution >= 0.6 is 11.6 Å². The second-order valence-electron chi connectivity index (χ2n) is 3.05. The van der Waals surface area contributed by atoms with Crippen molar-refractivity contribution in [2.24, 2.45) is 0 Å². The van der Waals surface area contributed by atoms with Crippen LogP contribution in [-0.2, 0) is 10.9 Å². The Labute approximate surface area is 103 Å². The number of pyridine rings is 1. The molecule has 0 spiro atoms. The molecule has 0 fully saturated rings. The molecule has 1 rings (SSSR count). The lowest BCUT2D eigenvalue weighted by atomic mass is 10.2. The topological polar surface area (TPSA) is 39.2 Å². The van der Waals surface area contributed by atoms with Crippen molar-refractivity contribution in [3.8, 4) is 0 Å². The maximum absolute atomic E-state index is 12.5. The van der Waals surface area contributed by atoms with E-state index >= 15 is 0 Å². The number of alkyl halides is 5. The van der Waals surface area contributed by atoms with Crippen LogP contribution in [0.5, 0.6) is 0 Å². The average molecular weight is 290 g/mol. The summed E-state index contributed by atoms with van der Waals surface area (Å²) in [6.07, 6.45) is -8.32. The zero-order chi connectivity index (χ0) is 14.1. The van der Waals surface area contributed by atoms with Crippen LogP contribution in [0, 0.1) is 0 Å². The monoisotopic (exact) mass is 289 g/mol. The molecule has 0 aliphatic carbocycles. The molecule has 0 N–H and O–H groups in total. The van der Waals surface area contributed by atoms with Crippen LogP contribution in [0.1, 0.15) is 28.2 Å². The van der Waals surface area contributed by atoms with Gasteiger partial charge in [0, 0.05) is 0 Å². The van der Waals surface area contributed by atoms with Crippen molar-refractivity contribution >= 4 is 17.6 Å². The zero-order valence-electron chi connectivity index (χ0n) is 8.69. The van der Waals surface area contributed by atoms with Crippen molar-refractivity contribution in [3.63, 3.8) is 0 Å². The Morgan fingerprint density at radius 3 is 2.39 bits per heavy atom. The van der Waals surface area contributed by atoms with Gasteiger partial charge in [0.25, 0.3) is 6.43 Å². The number of halogens is 6. The lowest BCUT2D eigenvalue weighted by Crippen LogP contribution is -2.15. The summed E-state index contributed by atoms with van der Waals surface area (Å²) < 4.78 is 66.4. The van der Waals surface area contributed by atoms with E-state index in [-0.39, 0.29) is 0 Å². The van der Waals surface area contributed by atoms with Crippen molar-refractivity contribution in [3.05, 3.63) is 28.0 Å². The number of methoxy groups -OCH3 is 1. The fourth-order valence-electron chi connectivity index (χ4n) is 1.11. The van der Waals surface area contributed by atoms with Crippen LogP contribution < -0.4 is 0 Å². The number of esters is 1. The van der Waals surface area contributed by atoms with E-state index in [1.165, 1.54) is 0 Å². The van der Waals surface area contributed by atoms with Gasteiger partial charge in [-0.2, -0.15) is 13.2 Å². The Balaban J connectivity index is 3.53. The lowest BCUT2D eigenvalue weighted by molar-refractivity contribution is -0.141. The number of hydrogen-bond donors (Lipinski definition) is 0. The Morgan fingerprint density at radius 1 is 1.44 bits per heavy atom. The lowest BCUT2D eigenvalue weighted by Gasteiger charge is -2.12. The molecule has 0 saturated carbocycles. The summed E-state index contributed by atoms with van der Waals surface area (Å²) in [5.41, 5.74) is -3.76. The van der Waals surface area contributed by atoms with Gasteiger partial charge in [0.1, 0.15) is 5.69 Å². The number of carbonyl (C=O) groups excluding carboxylic acids is 1. The van der Waals surface area contributed by atoms with Gasteiger partial charge in [-0.15, -0.1) is 0 Å². The molecule has 0 amide bonds. The quantitative estimate of drug-likeness (QED) is 0.618. The molecular weight excluding hydrogens is 285 g/mol. The first kappa shape index (κ1) is 14.6. The minimum atomic E-state index is -5.05. The maximum Gasteiger partial charge on any atom is 0.434 e. The van der Waals surface area contributed by atoms with E-state index in [2.05, 4.69) is 9.72 Å². The molecule has 0 saturated heterocycles. The van der Waals surface area contributed by atoms with E-state index in [0.29, 0.717) is 6.07 Å². The van der Waals surface area contributed by atoms with Gasteiger partial charge in [-0.3, -0.25) is 0 Å². The average Bonchev–Trinajstić information content (AvgIpc) is 2.26. The summed E-state index contributed by atoms with van der Waals surface area (Å²) >= 11 is 5.32. The molecule has 0 radical (unpaired) electrons. The number of carbonyl (C=O) groups is 1. The van der Waals surface area contributed by atoms with Gasteiger partial charge in [-0.05, 0) is 6.07 Å². The molecule has 1 heterocycles. The van der Waals surface area contributed by atoms with Gasteiger partial charge in [0.15, 0.2) is 5.69 Å². The van der Waals surface area contributed by atoms with Crippen LogP contribution in [0.4, 0.5) is 22.0 Å². The minimum Gasteiger partial charge on any atom is -0.465 e. The third kappa shape index (κ3) is 2.87. The van der Waals surface area contributed by atoms with Crippen molar-refractivity contribution in [1.29, 1.82) is 0 Å². The van der Waals surface area contributed by atoms with Gasteiger partial charge in [0.05, 0.1) is 17.7 Å². The van der Waals surface area contributed by atoms with E-state index in [9.17, 15) is 26.7 Å². The van der Waals surface area contributed by atoms with Gasteiger partial charge >= 0.3 is 12.1 Å². The van der Waals surface area contributed by atoms with Crippen LogP contribution in [0.3, 0.4) is 0 Å². The van der Waals surface area contributed by atoms with Gasteiger partial charge < -0.3 is 4.74 Å². The first-order valence-electron chi connectivity index (χ1n) is 4.32. The summed E-state index contributed by atoms with van der Waals surface area (Å²) in [6.45, 7) is 0. The first-order chi connectivity index (χ1) is 8.18. The number of aromatic nitrogens is 1. The van der Waals surface area contributed by atoms with E-state index in [1.54, 1.807) is 0 Å². The molecule has 1 aromatic heterocycles. The summed E-state index contributed by atoms with van der Waals surface area (Å²) in [5.74, 6) is -1.25. The Bertz CT molecular complexity index is 475. The van der Waals surface area contributed by atoms with Crippen molar-refractivity contribution in [2.75, 3.05) is 7.11 Å². The highest BCUT2D eigenvalue weighted by molar-refractivity contribution is 6.34. The van der Waals surface area contributed by atoms with Crippen molar-refractivity contribution in [1.82, 2.24) is 4.98 Å². The van der Waals surface area contributed by atoms with Crippen molar-refractivity contribution < 1.29 is 31.5 Å². The predicted octanol–water partition coefficient (Wildman–Crippen LogP) is 3.48. The Morgan fingerprint density at radius 2 is 2.00 bits per heavy atom. The second-order valence-corrected chi connectivity index (χ2v) is 3.43. The highest BCUT2D eigenvalue weighted by Gasteiger charge is 2.38. The maximum atomic E-state index is 12.5. The molecule has 0 aliphatic rings. The van der Waals surface area contributed by atoms with Crippen molar-refractivity contribution in [2.45, 2.75) is 12.6 Å². The van der Waals surface area contributed by atoms with Crippen LogP contribution in [0.25, 0.3) is 0 Å². The largest absolute Gasteiger partial charge is 0.465 e. The molecule has 0 aliphatic heterocycles. The number of nitrogens with zero attached hydrogens (tertiary/aromatic N) is 1. The van der Waals surface area contributed by atoms with E-state index in [1.807, 2.05) is 0 Å². The molecule has 3 nitrogen and oxygen atoms in total. The number of hydrogen-bond acceptors (Lipinski definition) is 3. The molecule has 0 bridgehead atoms. The molecule has 0 atom stereocenters. The molecule has 1 aromatic rings. The first-order valence-corrected chi connectivity index (χ1v) is 4.70. The Hall–Kier alpha value is -1.44. The van der Waals surface area contributed by atoms with Crippen LogP contribution in [0.2, 0.25) is 5.02 Å². The molecular formula is C9H5ClF5NO2. The van der Waals surface area contributed by atoms with Gasteiger partial charge in [-0.1, -0.05) is 11.6 Å². The standard InChI is InChI=1S/C9H5ClF5NO2/c1-18-8(17)3-2-4(7(11)12)16-6(5(3)10)9(13,14)15/h2,7H,1H3. The van der Waals surface area contributed by atoms with E-state index in [0.717, 1.165) is 7.11 Å². The third-order valence-corrected chi connectivity index (χ3v) is 2.26. The molecule has 9 heteroatoms. The second kappa shape index (κ2) is 5.05. The summed E-state index contributed by atoms with van der Waals surface area (Å²) in [7, 11) is 0.883. The highest BCUT2D eigenvalue weighted by atomic mass is 35.5. The molecule has 0 aromatic carbocycles. The Kier molecular flexibility index (Phi) is 4.10. The number of ether oxygens (including phenoxy) is 1. The molecule has 18 heavy (non-hydrogen) atoms. The third-order valence-electron chi connectivity index (χ3n) is 1.87. The molecule has 0 unspecified atom stereocenters. The normalized spacial score (nSPS) is 11.8. The van der Waals surface area contributed by atoms with E-state index in [4.69, 9.17) is 11.6 Å². The smallest absolute Gasteiger partial charge is 0.434 e. The van der Waals surface area contributed by atoms with E-state index < -0.39 is 40.5 Å². The van der Waals surface area contributed by atoms with Gasteiger partial charge in [0.2, 0.25) is 0 Å². The minimum absolute atomic E-state index is 0.466. The molecule has 100 valence electrons. The number of rotatable bonds is 2. The summed E-state index contributed by atoms with van der Waals surface area (Å²) in [4.78, 5) is 13.8. The fraction of sp³-hybridized carbons (Fsp3) is 0.333. The SMILES string of the molecule is COC(=O)c1cc(C(F)F)nc(C(F)(F)F)c1Cl. The fourth-order valence-corrected chi connectivity index (χ4v) is 1.39. The summed E-state index contributed by atoms with van der Waals surface area (Å²) in [5, 5.41) is -1.07. The highest BCUT2D eigenvalue weighted by Crippen LogP contribution is 2.36. The predicted molar refractivity (Wildman–Crippen MR) is 50.5 cm³/mol. The zero-order valence-corrected chi connectivity index (χ0v) is 9.44.